The Morgan fingerprint density at radius 1 is 1.38 bits per heavy atom. The fourth-order valence-electron chi connectivity index (χ4n) is 2.67. The Labute approximate surface area is 124 Å². The quantitative estimate of drug-likeness (QED) is 0.485. The second-order valence-corrected chi connectivity index (χ2v) is 5.73. The van der Waals surface area contributed by atoms with Crippen molar-refractivity contribution in [1.82, 2.24) is 0 Å². The van der Waals surface area contributed by atoms with Gasteiger partial charge in [0.2, 0.25) is 0 Å². The Hall–Kier alpha value is -2.17. The Morgan fingerprint density at radius 2 is 2.10 bits per heavy atom. The number of ketones is 1. The monoisotopic (exact) mass is 288 g/mol. The molecule has 0 spiro atoms. The van der Waals surface area contributed by atoms with Crippen molar-refractivity contribution < 1.29 is 9.72 Å². The van der Waals surface area contributed by atoms with Crippen molar-refractivity contribution in [2.24, 2.45) is 5.92 Å². The smallest absolute Gasteiger partial charge is 0.293 e. The summed E-state index contributed by atoms with van der Waals surface area (Å²) >= 11 is 0. The highest BCUT2D eigenvalue weighted by molar-refractivity contribution is 6.01. The molecule has 1 aromatic carbocycles. The first-order chi connectivity index (χ1) is 9.90. The van der Waals surface area contributed by atoms with Gasteiger partial charge in [0.25, 0.3) is 5.69 Å². The van der Waals surface area contributed by atoms with E-state index in [4.69, 9.17) is 0 Å². The zero-order valence-corrected chi connectivity index (χ0v) is 12.6. The van der Waals surface area contributed by atoms with Crippen LogP contribution in [0.3, 0.4) is 0 Å². The normalized spacial score (nSPS) is 20.6. The van der Waals surface area contributed by atoms with Crippen LogP contribution in [0, 0.1) is 16.0 Å². The van der Waals surface area contributed by atoms with Gasteiger partial charge in [0.15, 0.2) is 5.78 Å². The average Bonchev–Trinajstić information content (AvgIpc) is 2.43. The number of allylic oxidation sites excluding steroid dienone is 1. The van der Waals surface area contributed by atoms with Crippen LogP contribution in [0.15, 0.2) is 23.8 Å². The minimum absolute atomic E-state index is 0.0565. The second kappa shape index (κ2) is 6.08. The van der Waals surface area contributed by atoms with Gasteiger partial charge in [0.1, 0.15) is 5.69 Å². The number of anilines is 1. The SMILES string of the molecule is C[C@H]1CCC/C(=C\c2ccc(N(C)C)c([N+](=O)[O-])c2)C1=O. The van der Waals surface area contributed by atoms with Crippen LogP contribution in [0.4, 0.5) is 11.4 Å². The largest absolute Gasteiger partial charge is 0.372 e. The third kappa shape index (κ3) is 3.29. The van der Waals surface area contributed by atoms with Crippen molar-refractivity contribution >= 4 is 23.2 Å². The molecule has 1 aliphatic rings. The summed E-state index contributed by atoms with van der Waals surface area (Å²) in [7, 11) is 3.54. The summed E-state index contributed by atoms with van der Waals surface area (Å²) in [5.41, 5.74) is 2.11. The zero-order valence-electron chi connectivity index (χ0n) is 12.6. The number of Topliss-reactive ketones (excluding diaryl/α,β-unsaturated/α-hetero) is 1. The molecular weight excluding hydrogens is 268 g/mol. The molecular formula is C16H20N2O3. The third-order valence-electron chi connectivity index (χ3n) is 3.87. The van der Waals surface area contributed by atoms with Crippen molar-refractivity contribution in [1.29, 1.82) is 0 Å². The zero-order chi connectivity index (χ0) is 15.6. The van der Waals surface area contributed by atoms with E-state index in [1.807, 2.05) is 13.0 Å². The van der Waals surface area contributed by atoms with Gasteiger partial charge in [-0.3, -0.25) is 14.9 Å². The van der Waals surface area contributed by atoms with Gasteiger partial charge in [-0.1, -0.05) is 13.0 Å². The van der Waals surface area contributed by atoms with E-state index in [9.17, 15) is 14.9 Å². The molecule has 0 bridgehead atoms. The summed E-state index contributed by atoms with van der Waals surface area (Å²) in [4.78, 5) is 24.6. The summed E-state index contributed by atoms with van der Waals surface area (Å²) in [5, 5.41) is 11.2. The lowest BCUT2D eigenvalue weighted by molar-refractivity contribution is -0.384. The van der Waals surface area contributed by atoms with Crippen molar-refractivity contribution in [3.8, 4) is 0 Å². The highest BCUT2D eigenvalue weighted by Gasteiger charge is 2.23. The summed E-state index contributed by atoms with van der Waals surface area (Å²) < 4.78 is 0. The first kappa shape index (κ1) is 15.2. The summed E-state index contributed by atoms with van der Waals surface area (Å²) in [6.45, 7) is 1.94. The Kier molecular flexibility index (Phi) is 4.40. The summed E-state index contributed by atoms with van der Waals surface area (Å²) in [5.74, 6) is 0.224. The van der Waals surface area contributed by atoms with Gasteiger partial charge < -0.3 is 4.90 Å². The number of nitro groups is 1. The lowest BCUT2D eigenvalue weighted by Gasteiger charge is -2.19. The van der Waals surface area contributed by atoms with Gasteiger partial charge in [0, 0.05) is 26.1 Å². The predicted octanol–water partition coefficient (Wildman–Crippen LogP) is 3.43. The number of hydrogen-bond donors (Lipinski definition) is 0. The number of hydrogen-bond acceptors (Lipinski definition) is 4. The molecule has 1 aliphatic carbocycles. The molecule has 1 saturated carbocycles. The van der Waals surface area contributed by atoms with Crippen LogP contribution < -0.4 is 4.90 Å². The van der Waals surface area contributed by atoms with Gasteiger partial charge in [-0.25, -0.2) is 0 Å². The lowest BCUT2D eigenvalue weighted by atomic mass is 9.84. The molecule has 0 radical (unpaired) electrons. The maximum Gasteiger partial charge on any atom is 0.293 e. The lowest BCUT2D eigenvalue weighted by Crippen LogP contribution is -2.18. The molecule has 5 nitrogen and oxygen atoms in total. The number of nitro benzene ring substituents is 1. The van der Waals surface area contributed by atoms with Crippen LogP contribution in [-0.4, -0.2) is 24.8 Å². The molecule has 0 aromatic heterocycles. The number of carbonyl (C=O) groups excluding carboxylic acids is 1. The van der Waals surface area contributed by atoms with Crippen LogP contribution in [0.25, 0.3) is 6.08 Å². The number of nitrogens with zero attached hydrogens (tertiary/aromatic N) is 2. The highest BCUT2D eigenvalue weighted by Crippen LogP contribution is 2.31. The second-order valence-electron chi connectivity index (χ2n) is 5.73. The molecule has 0 heterocycles. The molecule has 1 aromatic rings. The minimum Gasteiger partial charge on any atom is -0.372 e. The highest BCUT2D eigenvalue weighted by atomic mass is 16.6. The van der Waals surface area contributed by atoms with Crippen LogP contribution in [0.1, 0.15) is 31.7 Å². The van der Waals surface area contributed by atoms with Gasteiger partial charge >= 0.3 is 0 Å². The van der Waals surface area contributed by atoms with Crippen molar-refractivity contribution in [2.45, 2.75) is 26.2 Å². The van der Waals surface area contributed by atoms with Crippen LogP contribution in [0.2, 0.25) is 0 Å². The fourth-order valence-corrected chi connectivity index (χ4v) is 2.67. The van der Waals surface area contributed by atoms with Crippen LogP contribution in [0.5, 0.6) is 0 Å². The maximum absolute atomic E-state index is 12.1. The molecule has 112 valence electrons. The van der Waals surface area contributed by atoms with Gasteiger partial charge in [-0.2, -0.15) is 0 Å². The minimum atomic E-state index is -0.386. The first-order valence-corrected chi connectivity index (χ1v) is 7.10. The topological polar surface area (TPSA) is 63.4 Å². The van der Waals surface area contributed by atoms with E-state index >= 15 is 0 Å². The van der Waals surface area contributed by atoms with E-state index in [1.54, 1.807) is 31.1 Å². The molecule has 0 saturated heterocycles. The van der Waals surface area contributed by atoms with E-state index in [1.165, 1.54) is 6.07 Å². The number of rotatable bonds is 3. The average molecular weight is 288 g/mol. The van der Waals surface area contributed by atoms with Crippen LogP contribution >= 0.6 is 0 Å². The Balaban J connectivity index is 2.39. The van der Waals surface area contributed by atoms with Crippen LogP contribution in [-0.2, 0) is 4.79 Å². The number of benzene rings is 1. The van der Waals surface area contributed by atoms with E-state index in [-0.39, 0.29) is 22.3 Å². The molecule has 0 N–H and O–H groups in total. The number of carbonyl (C=O) groups is 1. The van der Waals surface area contributed by atoms with Crippen molar-refractivity contribution in [3.63, 3.8) is 0 Å². The molecule has 0 aliphatic heterocycles. The van der Waals surface area contributed by atoms with Gasteiger partial charge in [-0.15, -0.1) is 0 Å². The summed E-state index contributed by atoms with van der Waals surface area (Å²) in [6.07, 6.45) is 4.48. The molecule has 1 fully saturated rings. The van der Waals surface area contributed by atoms with Gasteiger partial charge in [0.05, 0.1) is 4.92 Å². The third-order valence-corrected chi connectivity index (χ3v) is 3.87. The maximum atomic E-state index is 12.1. The molecule has 21 heavy (non-hydrogen) atoms. The van der Waals surface area contributed by atoms with E-state index < -0.39 is 0 Å². The van der Waals surface area contributed by atoms with E-state index in [0.29, 0.717) is 11.3 Å². The molecule has 2 rings (SSSR count). The van der Waals surface area contributed by atoms with E-state index in [0.717, 1.165) is 24.8 Å². The van der Waals surface area contributed by atoms with E-state index in [2.05, 4.69) is 0 Å². The van der Waals surface area contributed by atoms with Gasteiger partial charge in [-0.05, 0) is 42.5 Å². The summed E-state index contributed by atoms with van der Waals surface area (Å²) in [6, 6.07) is 5.08. The van der Waals surface area contributed by atoms with Crippen molar-refractivity contribution in [2.75, 3.05) is 19.0 Å². The first-order valence-electron chi connectivity index (χ1n) is 7.10. The Bertz CT molecular complexity index is 606. The molecule has 0 unspecified atom stereocenters. The Morgan fingerprint density at radius 3 is 2.71 bits per heavy atom. The molecule has 0 amide bonds. The molecule has 5 heteroatoms. The standard InChI is InChI=1S/C16H20N2O3/c1-11-5-4-6-13(16(11)19)9-12-7-8-14(17(2)3)15(10-12)18(20)21/h7-11H,4-6H2,1-3H3/b13-9+/t11-/m0/s1. The fraction of sp³-hybridized carbons (Fsp3) is 0.438. The van der Waals surface area contributed by atoms with Crippen molar-refractivity contribution in [3.05, 3.63) is 39.4 Å². The molecule has 1 atom stereocenters. The predicted molar refractivity (Wildman–Crippen MR) is 83.4 cm³/mol.